The normalized spacial score (nSPS) is 49.2. The van der Waals surface area contributed by atoms with E-state index in [1.54, 1.807) is 0 Å². The number of amides is 1. The molecule has 0 spiro atoms. The third kappa shape index (κ3) is 10.5. The lowest BCUT2D eigenvalue weighted by molar-refractivity contribution is -0.370. The number of ether oxygens (including phenoxy) is 6. The second-order valence-corrected chi connectivity index (χ2v) is 21.9. The molecule has 3 aliphatic heterocycles. The summed E-state index contributed by atoms with van der Waals surface area (Å²) in [4.78, 5) is 25.7. The Morgan fingerprint density at radius 3 is 2.17 bits per heavy atom. The standard InChI is InChI=1S/C48H81NO17/c1-7-8-34(53)49-19-22(2)9-12-30(50)23(3)35-31(51)18-29-27-11-10-25-17-26(13-15-47(25,5)28(27)14-16-48(29,35)6)64-46-43(66-45-41(59)37(55)32(52)20-61-45)40(58)38(56)33(65-46)21-62-44-42(60)39(57)36(54)24(4)63-44/h22-29,31-33,35-46,51-52,54-60H,7-21H2,1-6H3,(H,49,53)/t22-,23-,24+,25+,26+,27+,28+,29-,31-,32-,33-,35+,36+,37+,38-,39-,40+,41-,42-,43-,44-,45+,46-,47+,48+/m1/s1. The Morgan fingerprint density at radius 1 is 0.727 bits per heavy atom. The SMILES string of the molecule is CCCC(=O)NC[C@H](C)CCC(=O)[C@@H](C)[C@H]1[C@H](O)C[C@@H]2[C@H]3CC[C@H]4C[C@@H](O[C@@H]5O[C@H](CO[C@@H]6O[C@@H](C)[C@H](O)[C@@H](O)[C@H]6O)[C@@H](O)[C@H](O)[C@H]5O[C@@H]5OC[C@@H](O)[C@H](O)[C@H]5O)CC[C@]4(C)[C@H]3CC[C@]12C. The number of aliphatic hydroxyl groups is 9. The van der Waals surface area contributed by atoms with E-state index < -0.39 is 98.7 Å². The molecule has 7 fully saturated rings. The largest absolute Gasteiger partial charge is 0.393 e. The molecule has 1 amide bonds. The highest BCUT2D eigenvalue weighted by atomic mass is 16.8. The number of rotatable bonds is 16. The van der Waals surface area contributed by atoms with Crippen molar-refractivity contribution < 1.29 is 84.0 Å². The van der Waals surface area contributed by atoms with Crippen molar-refractivity contribution in [2.24, 2.45) is 52.3 Å². The van der Waals surface area contributed by atoms with Gasteiger partial charge in [-0.25, -0.2) is 0 Å². The molecule has 4 saturated carbocycles. The zero-order valence-corrected chi connectivity index (χ0v) is 39.7. The number of ketones is 1. The van der Waals surface area contributed by atoms with Gasteiger partial charge in [0.2, 0.25) is 5.91 Å². The molecule has 3 saturated heterocycles. The lowest BCUT2D eigenvalue weighted by Crippen LogP contribution is -2.64. The molecule has 7 rings (SSSR count). The minimum Gasteiger partial charge on any atom is -0.393 e. The second kappa shape index (κ2) is 21.5. The Hall–Kier alpha value is -1.46. The van der Waals surface area contributed by atoms with Crippen LogP contribution < -0.4 is 5.32 Å². The van der Waals surface area contributed by atoms with Crippen LogP contribution in [0.15, 0.2) is 0 Å². The number of hydrogen-bond acceptors (Lipinski definition) is 17. The Bertz CT molecular complexity index is 1630. The van der Waals surface area contributed by atoms with Crippen molar-refractivity contribution in [1.29, 1.82) is 0 Å². The van der Waals surface area contributed by atoms with Gasteiger partial charge in [-0.2, -0.15) is 0 Å². The van der Waals surface area contributed by atoms with Gasteiger partial charge in [-0.15, -0.1) is 0 Å². The zero-order valence-electron chi connectivity index (χ0n) is 39.7. The van der Waals surface area contributed by atoms with Gasteiger partial charge in [0.15, 0.2) is 18.9 Å². The molecular weight excluding hydrogens is 863 g/mol. The summed E-state index contributed by atoms with van der Waals surface area (Å²) in [6.07, 6.45) is -12.1. The number of carbonyl (C=O) groups is 2. The topological polar surface area (TPSA) is 284 Å². The Kier molecular flexibility index (Phi) is 17.1. The number of Topliss-reactive ketones (excluding diaryl/α,β-unsaturated/α-hetero) is 1. The van der Waals surface area contributed by atoms with E-state index in [0.717, 1.165) is 38.5 Å². The second-order valence-electron chi connectivity index (χ2n) is 21.9. The molecule has 10 N–H and O–H groups in total. The fraction of sp³-hybridized carbons (Fsp3) is 0.958. The van der Waals surface area contributed by atoms with Gasteiger partial charge in [-0.05, 0) is 117 Å². The fourth-order valence-electron chi connectivity index (χ4n) is 13.7. The summed E-state index contributed by atoms with van der Waals surface area (Å²) in [5, 5.41) is 99.8. The van der Waals surface area contributed by atoms with E-state index in [4.69, 9.17) is 28.4 Å². The molecule has 3 heterocycles. The summed E-state index contributed by atoms with van der Waals surface area (Å²) in [5.74, 6) is 1.42. The van der Waals surface area contributed by atoms with E-state index in [0.29, 0.717) is 62.8 Å². The molecule has 0 radical (unpaired) electrons. The summed E-state index contributed by atoms with van der Waals surface area (Å²) in [5.41, 5.74) is -0.179. The Morgan fingerprint density at radius 2 is 1.44 bits per heavy atom. The van der Waals surface area contributed by atoms with Crippen LogP contribution in [0.4, 0.5) is 0 Å². The minimum atomic E-state index is -1.69. The zero-order chi connectivity index (χ0) is 48.0. The number of carbonyl (C=O) groups excluding carboxylic acids is 2. The number of aliphatic hydroxyl groups excluding tert-OH is 9. The van der Waals surface area contributed by atoms with Crippen LogP contribution in [0.2, 0.25) is 0 Å². The first-order valence-electron chi connectivity index (χ1n) is 25.0. The maximum Gasteiger partial charge on any atom is 0.219 e. The smallest absolute Gasteiger partial charge is 0.219 e. The molecule has 0 bridgehead atoms. The van der Waals surface area contributed by atoms with Crippen molar-refractivity contribution in [2.75, 3.05) is 19.8 Å². The van der Waals surface area contributed by atoms with E-state index in [9.17, 15) is 55.5 Å². The highest BCUT2D eigenvalue weighted by molar-refractivity contribution is 5.81. The summed E-state index contributed by atoms with van der Waals surface area (Å²) in [7, 11) is 0. The van der Waals surface area contributed by atoms with E-state index in [-0.39, 0.29) is 58.9 Å². The van der Waals surface area contributed by atoms with Crippen molar-refractivity contribution in [3.05, 3.63) is 0 Å². The minimum absolute atomic E-state index is 0.0141. The van der Waals surface area contributed by atoms with Crippen LogP contribution in [0.1, 0.15) is 119 Å². The molecule has 0 aromatic carbocycles. The third-order valence-corrected chi connectivity index (χ3v) is 17.7. The van der Waals surface area contributed by atoms with Crippen LogP contribution in [0.25, 0.3) is 0 Å². The van der Waals surface area contributed by atoms with Crippen LogP contribution in [0.3, 0.4) is 0 Å². The predicted molar refractivity (Wildman–Crippen MR) is 234 cm³/mol. The fourth-order valence-corrected chi connectivity index (χ4v) is 13.7. The predicted octanol–water partition coefficient (Wildman–Crippen LogP) is 0.654. The van der Waals surface area contributed by atoms with Gasteiger partial charge >= 0.3 is 0 Å². The van der Waals surface area contributed by atoms with Gasteiger partial charge < -0.3 is 79.7 Å². The van der Waals surface area contributed by atoms with Crippen molar-refractivity contribution in [1.82, 2.24) is 5.32 Å². The maximum absolute atomic E-state index is 13.8. The van der Waals surface area contributed by atoms with Crippen molar-refractivity contribution in [3.63, 3.8) is 0 Å². The van der Waals surface area contributed by atoms with Crippen molar-refractivity contribution in [2.45, 2.75) is 217 Å². The van der Waals surface area contributed by atoms with Crippen LogP contribution in [-0.4, -0.2) is 176 Å². The molecule has 66 heavy (non-hydrogen) atoms. The van der Waals surface area contributed by atoms with Gasteiger partial charge in [-0.1, -0.05) is 34.6 Å². The van der Waals surface area contributed by atoms with Gasteiger partial charge in [0.1, 0.15) is 66.8 Å². The van der Waals surface area contributed by atoms with E-state index >= 15 is 0 Å². The van der Waals surface area contributed by atoms with Crippen molar-refractivity contribution >= 4 is 11.7 Å². The van der Waals surface area contributed by atoms with Gasteiger partial charge in [-0.3, -0.25) is 9.59 Å². The highest BCUT2D eigenvalue weighted by Gasteiger charge is 2.64. The molecule has 18 heteroatoms. The number of hydrogen-bond donors (Lipinski definition) is 10. The highest BCUT2D eigenvalue weighted by Crippen LogP contribution is 2.68. The first-order chi connectivity index (χ1) is 31.2. The molecule has 0 aromatic heterocycles. The molecule has 25 atom stereocenters. The average molecular weight is 944 g/mol. The molecule has 7 aliphatic rings. The number of fused-ring (bicyclic) bond motifs is 5. The van der Waals surface area contributed by atoms with E-state index in [1.165, 1.54) is 6.92 Å². The molecule has 380 valence electrons. The molecule has 18 nitrogen and oxygen atoms in total. The van der Waals surface area contributed by atoms with Crippen LogP contribution in [0.5, 0.6) is 0 Å². The summed E-state index contributed by atoms with van der Waals surface area (Å²) < 4.78 is 35.8. The van der Waals surface area contributed by atoms with E-state index in [2.05, 4.69) is 26.1 Å². The average Bonchev–Trinajstić information content (AvgIpc) is 3.56. The monoisotopic (exact) mass is 944 g/mol. The molecule has 0 unspecified atom stereocenters. The van der Waals surface area contributed by atoms with Crippen LogP contribution >= 0.6 is 0 Å². The lowest BCUT2D eigenvalue weighted by Gasteiger charge is -2.61. The summed E-state index contributed by atoms with van der Waals surface area (Å²) in [6.45, 7) is 12.0. The first kappa shape index (κ1) is 52.4. The van der Waals surface area contributed by atoms with Crippen molar-refractivity contribution in [3.8, 4) is 0 Å². The summed E-state index contributed by atoms with van der Waals surface area (Å²) in [6, 6.07) is 0. The molecule has 4 aliphatic carbocycles. The molecular formula is C48H81NO17. The third-order valence-electron chi connectivity index (χ3n) is 17.7. The maximum atomic E-state index is 13.8. The van der Waals surface area contributed by atoms with Gasteiger partial charge in [0, 0.05) is 25.3 Å². The van der Waals surface area contributed by atoms with Crippen LogP contribution in [-0.2, 0) is 38.0 Å². The number of nitrogens with one attached hydrogen (secondary N) is 1. The first-order valence-corrected chi connectivity index (χ1v) is 25.0. The van der Waals surface area contributed by atoms with Gasteiger partial charge in [0.25, 0.3) is 0 Å². The van der Waals surface area contributed by atoms with Gasteiger partial charge in [0.05, 0.1) is 31.5 Å². The van der Waals surface area contributed by atoms with E-state index in [1.807, 2.05) is 13.8 Å². The Labute approximate surface area is 389 Å². The molecule has 0 aromatic rings. The lowest BCUT2D eigenvalue weighted by atomic mass is 9.44. The van der Waals surface area contributed by atoms with Crippen LogP contribution in [0, 0.1) is 52.3 Å². The summed E-state index contributed by atoms with van der Waals surface area (Å²) >= 11 is 0. The Balaban J connectivity index is 0.997. The quantitative estimate of drug-likeness (QED) is 0.0952.